The molecule has 1 aliphatic heterocycles. The normalized spacial score (nSPS) is 19.1. The molecular weight excluding hydrogens is 120 g/mol. The lowest BCUT2D eigenvalue weighted by Gasteiger charge is -2.04. The van der Waals surface area contributed by atoms with Crippen LogP contribution in [0.15, 0.2) is 11.6 Å². The van der Waals surface area contributed by atoms with Crippen LogP contribution in [0.25, 0.3) is 0 Å². The van der Waals surface area contributed by atoms with Crippen LogP contribution in [0.3, 0.4) is 0 Å². The third kappa shape index (κ3) is 1.42. The van der Waals surface area contributed by atoms with Gasteiger partial charge in [0.05, 0.1) is 0 Å². The average molecular weight is 129 g/mol. The molecular formula is C5H9N2S. The molecule has 1 heterocycles. The number of thioether (sulfide) groups is 1. The van der Waals surface area contributed by atoms with Crippen molar-refractivity contribution in [1.29, 1.82) is 0 Å². The van der Waals surface area contributed by atoms with Crippen molar-refractivity contribution in [3.05, 3.63) is 17.0 Å². The van der Waals surface area contributed by atoms with E-state index in [1.54, 1.807) is 11.8 Å². The van der Waals surface area contributed by atoms with E-state index in [4.69, 9.17) is 5.73 Å². The third-order valence-corrected chi connectivity index (χ3v) is 1.77. The Morgan fingerprint density at radius 1 is 1.75 bits per heavy atom. The first-order valence-electron chi connectivity index (χ1n) is 2.57. The Morgan fingerprint density at radius 2 is 2.62 bits per heavy atom. The SMILES string of the molecule is NCC[C]1NC=CS1. The van der Waals surface area contributed by atoms with E-state index in [1.807, 2.05) is 11.6 Å². The van der Waals surface area contributed by atoms with Crippen LogP contribution in [0.5, 0.6) is 0 Å². The molecule has 0 saturated carbocycles. The van der Waals surface area contributed by atoms with Crippen molar-refractivity contribution < 1.29 is 0 Å². The molecule has 0 aromatic heterocycles. The van der Waals surface area contributed by atoms with Crippen molar-refractivity contribution in [2.45, 2.75) is 6.42 Å². The number of rotatable bonds is 2. The molecule has 0 unspecified atom stereocenters. The first kappa shape index (κ1) is 5.98. The maximum absolute atomic E-state index is 5.31. The van der Waals surface area contributed by atoms with Gasteiger partial charge in [-0.25, -0.2) is 0 Å². The fraction of sp³-hybridized carbons (Fsp3) is 0.400. The summed E-state index contributed by atoms with van der Waals surface area (Å²) >= 11 is 1.71. The van der Waals surface area contributed by atoms with Gasteiger partial charge in [-0.2, -0.15) is 0 Å². The molecule has 1 rings (SSSR count). The zero-order valence-corrected chi connectivity index (χ0v) is 5.37. The molecule has 0 atom stereocenters. The summed E-state index contributed by atoms with van der Waals surface area (Å²) in [7, 11) is 0. The molecule has 8 heavy (non-hydrogen) atoms. The van der Waals surface area contributed by atoms with Crippen LogP contribution in [0.4, 0.5) is 0 Å². The predicted octanol–water partition coefficient (Wildman–Crippen LogP) is 0.632. The molecule has 0 saturated heterocycles. The lowest BCUT2D eigenvalue weighted by atomic mass is 10.4. The minimum absolute atomic E-state index is 0.733. The van der Waals surface area contributed by atoms with Crippen molar-refractivity contribution in [3.8, 4) is 0 Å². The van der Waals surface area contributed by atoms with Gasteiger partial charge >= 0.3 is 0 Å². The highest BCUT2D eigenvalue weighted by Gasteiger charge is 2.08. The fourth-order valence-corrected chi connectivity index (χ4v) is 1.21. The molecule has 0 aliphatic carbocycles. The van der Waals surface area contributed by atoms with E-state index in [2.05, 4.69) is 5.32 Å². The lowest BCUT2D eigenvalue weighted by molar-refractivity contribution is 0.843. The largest absolute Gasteiger partial charge is 0.373 e. The van der Waals surface area contributed by atoms with E-state index in [-0.39, 0.29) is 0 Å². The molecule has 3 N–H and O–H groups in total. The van der Waals surface area contributed by atoms with Gasteiger partial charge in [0.25, 0.3) is 0 Å². The van der Waals surface area contributed by atoms with Crippen molar-refractivity contribution in [2.75, 3.05) is 6.54 Å². The van der Waals surface area contributed by atoms with Gasteiger partial charge in [0, 0.05) is 6.20 Å². The Labute approximate surface area is 53.5 Å². The summed E-state index contributed by atoms with van der Waals surface area (Å²) in [6.45, 7) is 0.733. The predicted molar refractivity (Wildman–Crippen MR) is 36.8 cm³/mol. The van der Waals surface area contributed by atoms with Gasteiger partial charge in [-0.15, -0.1) is 11.8 Å². The number of nitrogens with one attached hydrogen (secondary N) is 1. The Morgan fingerprint density at radius 3 is 3.12 bits per heavy atom. The molecule has 1 radical (unpaired) electrons. The summed E-state index contributed by atoms with van der Waals surface area (Å²) in [5.41, 5.74) is 5.31. The van der Waals surface area contributed by atoms with Gasteiger partial charge in [-0.3, -0.25) is 0 Å². The van der Waals surface area contributed by atoms with Crippen LogP contribution >= 0.6 is 11.8 Å². The van der Waals surface area contributed by atoms with E-state index in [0.29, 0.717) is 0 Å². The average Bonchev–Trinajstić information content (AvgIpc) is 2.19. The summed E-state index contributed by atoms with van der Waals surface area (Å²) in [4.78, 5) is 0. The third-order valence-electron chi connectivity index (χ3n) is 0.894. The second-order valence-electron chi connectivity index (χ2n) is 1.53. The van der Waals surface area contributed by atoms with E-state index in [1.165, 1.54) is 5.37 Å². The minimum Gasteiger partial charge on any atom is -0.373 e. The van der Waals surface area contributed by atoms with E-state index >= 15 is 0 Å². The lowest BCUT2D eigenvalue weighted by Crippen LogP contribution is -2.11. The quantitative estimate of drug-likeness (QED) is 0.574. The highest BCUT2D eigenvalue weighted by atomic mass is 32.2. The highest BCUT2D eigenvalue weighted by molar-refractivity contribution is 8.05. The van der Waals surface area contributed by atoms with Crippen LogP contribution in [-0.4, -0.2) is 6.54 Å². The van der Waals surface area contributed by atoms with Crippen molar-refractivity contribution in [2.24, 2.45) is 5.73 Å². The standard InChI is InChI=1S/C5H9N2S/c6-2-1-5-7-3-4-8-5/h3-4,7H,1-2,6H2. The van der Waals surface area contributed by atoms with Gasteiger partial charge in [0.15, 0.2) is 0 Å². The Bertz CT molecular complexity index is 84.4. The van der Waals surface area contributed by atoms with Crippen LogP contribution in [0, 0.1) is 5.37 Å². The summed E-state index contributed by atoms with van der Waals surface area (Å²) in [5, 5.41) is 6.35. The molecule has 0 amide bonds. The Kier molecular flexibility index (Phi) is 2.24. The van der Waals surface area contributed by atoms with Gasteiger partial charge in [-0.05, 0) is 18.4 Å². The second kappa shape index (κ2) is 2.99. The summed E-state index contributed by atoms with van der Waals surface area (Å²) in [5.74, 6) is 0. The van der Waals surface area contributed by atoms with Crippen LogP contribution in [0.1, 0.15) is 6.42 Å². The molecule has 0 spiro atoms. The summed E-state index contributed by atoms with van der Waals surface area (Å²) in [6, 6.07) is 0. The molecule has 0 bridgehead atoms. The topological polar surface area (TPSA) is 38.0 Å². The zero-order valence-electron chi connectivity index (χ0n) is 4.55. The highest BCUT2D eigenvalue weighted by Crippen LogP contribution is 2.24. The van der Waals surface area contributed by atoms with Gasteiger partial charge < -0.3 is 11.1 Å². The van der Waals surface area contributed by atoms with Crippen molar-refractivity contribution in [3.63, 3.8) is 0 Å². The molecule has 2 nitrogen and oxygen atoms in total. The summed E-state index contributed by atoms with van der Waals surface area (Å²) < 4.78 is 0. The Balaban J connectivity index is 2.10. The molecule has 45 valence electrons. The van der Waals surface area contributed by atoms with Crippen molar-refractivity contribution >= 4 is 11.8 Å². The maximum Gasteiger partial charge on any atom is 0.121 e. The van der Waals surface area contributed by atoms with E-state index < -0.39 is 0 Å². The zero-order chi connectivity index (χ0) is 5.82. The van der Waals surface area contributed by atoms with E-state index in [0.717, 1.165) is 13.0 Å². The summed E-state index contributed by atoms with van der Waals surface area (Å²) in [6.07, 6.45) is 2.90. The second-order valence-corrected chi connectivity index (χ2v) is 2.53. The van der Waals surface area contributed by atoms with Gasteiger partial charge in [-0.1, -0.05) is 0 Å². The number of hydrogen-bond donors (Lipinski definition) is 2. The fourth-order valence-electron chi connectivity index (χ4n) is 0.539. The maximum atomic E-state index is 5.31. The Hall–Kier alpha value is -0.150. The molecule has 1 aliphatic rings. The molecule has 0 aromatic carbocycles. The van der Waals surface area contributed by atoms with Gasteiger partial charge in [0.2, 0.25) is 0 Å². The van der Waals surface area contributed by atoms with Crippen molar-refractivity contribution in [1.82, 2.24) is 5.32 Å². The van der Waals surface area contributed by atoms with Crippen LogP contribution in [0.2, 0.25) is 0 Å². The minimum atomic E-state index is 0.733. The first-order valence-corrected chi connectivity index (χ1v) is 3.45. The monoisotopic (exact) mass is 129 g/mol. The molecule has 3 heteroatoms. The van der Waals surface area contributed by atoms with Gasteiger partial charge in [0.1, 0.15) is 5.37 Å². The van der Waals surface area contributed by atoms with Crippen LogP contribution in [-0.2, 0) is 0 Å². The smallest absolute Gasteiger partial charge is 0.121 e. The molecule has 0 fully saturated rings. The molecule has 0 aromatic rings. The number of nitrogens with two attached hydrogens (primary N) is 1. The van der Waals surface area contributed by atoms with Crippen LogP contribution < -0.4 is 11.1 Å². The first-order chi connectivity index (χ1) is 3.93. The van der Waals surface area contributed by atoms with E-state index in [9.17, 15) is 0 Å². The number of hydrogen-bond acceptors (Lipinski definition) is 3.